The minimum atomic E-state index is -0.256. The third-order valence-corrected chi connectivity index (χ3v) is 6.73. The number of rotatable bonds is 4. The molecule has 2 heterocycles. The van der Waals surface area contributed by atoms with Gasteiger partial charge in [0.15, 0.2) is 0 Å². The van der Waals surface area contributed by atoms with Crippen LogP contribution in [0.15, 0.2) is 54.6 Å². The first-order chi connectivity index (χ1) is 15.6. The summed E-state index contributed by atoms with van der Waals surface area (Å²) in [4.78, 5) is 4.64. The maximum Gasteiger partial charge on any atom is 0.125 e. The number of nitrogens with zero attached hydrogens (tertiary/aromatic N) is 2. The number of fused-ring (bicyclic) bond motifs is 3. The lowest BCUT2D eigenvalue weighted by molar-refractivity contribution is 0.232. The minimum Gasteiger partial charge on any atom is -0.492 e. The number of nitrogens with one attached hydrogen (secondary N) is 1. The van der Waals surface area contributed by atoms with Crippen molar-refractivity contribution in [2.45, 2.75) is 31.7 Å². The van der Waals surface area contributed by atoms with Crippen LogP contribution in [0, 0.1) is 12.7 Å². The van der Waals surface area contributed by atoms with Gasteiger partial charge >= 0.3 is 0 Å². The van der Waals surface area contributed by atoms with E-state index in [2.05, 4.69) is 39.1 Å². The van der Waals surface area contributed by atoms with E-state index in [9.17, 15) is 9.50 Å². The van der Waals surface area contributed by atoms with Crippen molar-refractivity contribution in [3.63, 3.8) is 0 Å². The Kier molecular flexibility index (Phi) is 4.43. The molecule has 2 atom stereocenters. The molecular formula is C26H24FN3O2. The Morgan fingerprint density at radius 3 is 2.94 bits per heavy atom. The molecule has 162 valence electrons. The number of aliphatic hydroxyl groups is 1. The molecule has 6 rings (SSSR count). The number of hydrogen-bond donors (Lipinski definition) is 2. The van der Waals surface area contributed by atoms with Gasteiger partial charge in [-0.05, 0) is 55.2 Å². The van der Waals surface area contributed by atoms with Gasteiger partial charge in [-0.25, -0.2) is 9.37 Å². The number of anilines is 1. The zero-order valence-corrected chi connectivity index (χ0v) is 17.8. The lowest BCUT2D eigenvalue weighted by atomic mass is 10.0. The molecule has 0 radical (unpaired) electrons. The Morgan fingerprint density at radius 1 is 1.16 bits per heavy atom. The summed E-state index contributed by atoms with van der Waals surface area (Å²) in [6.45, 7) is 2.60. The third-order valence-electron chi connectivity index (χ3n) is 6.73. The summed E-state index contributed by atoms with van der Waals surface area (Å²) >= 11 is 0. The number of hydrogen-bond acceptors (Lipinski definition) is 4. The van der Waals surface area contributed by atoms with Gasteiger partial charge in [0.25, 0.3) is 0 Å². The summed E-state index contributed by atoms with van der Waals surface area (Å²) in [6, 6.07) is 17.4. The van der Waals surface area contributed by atoms with E-state index in [1.807, 2.05) is 19.1 Å². The van der Waals surface area contributed by atoms with Crippen LogP contribution in [-0.4, -0.2) is 27.9 Å². The van der Waals surface area contributed by atoms with Crippen LogP contribution >= 0.6 is 0 Å². The van der Waals surface area contributed by atoms with Gasteiger partial charge in [-0.1, -0.05) is 18.2 Å². The molecule has 0 amide bonds. The first-order valence-corrected chi connectivity index (χ1v) is 11.0. The topological polar surface area (TPSA) is 59.3 Å². The van der Waals surface area contributed by atoms with Crippen molar-refractivity contribution in [3.8, 4) is 11.4 Å². The highest BCUT2D eigenvalue weighted by Gasteiger charge is 2.28. The van der Waals surface area contributed by atoms with E-state index in [0.29, 0.717) is 6.61 Å². The molecule has 1 aliphatic heterocycles. The summed E-state index contributed by atoms with van der Waals surface area (Å²) in [5.41, 5.74) is 7.28. The Morgan fingerprint density at radius 2 is 2.06 bits per heavy atom. The number of ether oxygens (including phenoxy) is 1. The van der Waals surface area contributed by atoms with E-state index in [1.54, 1.807) is 12.1 Å². The summed E-state index contributed by atoms with van der Waals surface area (Å²) in [6.07, 6.45) is 1.91. The van der Waals surface area contributed by atoms with Crippen molar-refractivity contribution < 1.29 is 14.2 Å². The summed E-state index contributed by atoms with van der Waals surface area (Å²) in [7, 11) is 0. The fourth-order valence-electron chi connectivity index (χ4n) is 5.19. The third kappa shape index (κ3) is 2.98. The van der Waals surface area contributed by atoms with Crippen LogP contribution < -0.4 is 10.1 Å². The zero-order valence-electron chi connectivity index (χ0n) is 17.8. The van der Waals surface area contributed by atoms with Crippen LogP contribution in [0.5, 0.6) is 5.75 Å². The van der Waals surface area contributed by atoms with Gasteiger partial charge in [-0.2, -0.15) is 0 Å². The molecule has 2 N–H and O–H groups in total. The molecule has 4 aromatic rings. The number of imidazole rings is 1. The van der Waals surface area contributed by atoms with E-state index in [4.69, 9.17) is 4.74 Å². The van der Waals surface area contributed by atoms with E-state index in [0.717, 1.165) is 52.4 Å². The molecule has 1 unspecified atom stereocenters. The Labute approximate surface area is 185 Å². The predicted octanol–water partition coefficient (Wildman–Crippen LogP) is 5.04. The van der Waals surface area contributed by atoms with Gasteiger partial charge in [-0.15, -0.1) is 0 Å². The molecule has 6 heteroatoms. The molecule has 1 aliphatic carbocycles. The normalized spacial score (nSPS) is 19.1. The van der Waals surface area contributed by atoms with Gasteiger partial charge < -0.3 is 15.2 Å². The number of aromatic nitrogens is 2. The fraction of sp³-hybridized carbons (Fsp3) is 0.269. The molecule has 0 spiro atoms. The first kappa shape index (κ1) is 19.3. The molecule has 0 fully saturated rings. The molecule has 0 bridgehead atoms. The minimum absolute atomic E-state index is 0.0619. The number of halogens is 1. The fourth-order valence-corrected chi connectivity index (χ4v) is 5.19. The maximum atomic E-state index is 14.0. The molecule has 1 aromatic heterocycles. The largest absolute Gasteiger partial charge is 0.492 e. The van der Waals surface area contributed by atoms with Crippen molar-refractivity contribution in [2.75, 3.05) is 18.5 Å². The van der Waals surface area contributed by atoms with Crippen LogP contribution in [0.25, 0.3) is 16.7 Å². The first-order valence-electron chi connectivity index (χ1n) is 11.0. The maximum absolute atomic E-state index is 14.0. The van der Waals surface area contributed by atoms with Gasteiger partial charge in [-0.3, -0.25) is 4.57 Å². The lowest BCUT2D eigenvalue weighted by Crippen LogP contribution is -2.08. The van der Waals surface area contributed by atoms with E-state index in [1.165, 1.54) is 17.2 Å². The quantitative estimate of drug-likeness (QED) is 0.477. The second kappa shape index (κ2) is 7.35. The lowest BCUT2D eigenvalue weighted by Gasteiger charge is -2.18. The highest BCUT2D eigenvalue weighted by atomic mass is 19.1. The zero-order chi connectivity index (χ0) is 21.8. The highest BCUT2D eigenvalue weighted by molar-refractivity contribution is 5.79. The van der Waals surface area contributed by atoms with Gasteiger partial charge in [0.05, 0.1) is 36.0 Å². The molecular weight excluding hydrogens is 405 g/mol. The average Bonchev–Trinajstić information content (AvgIpc) is 3.48. The molecule has 0 saturated carbocycles. The van der Waals surface area contributed by atoms with Crippen LogP contribution in [-0.2, 0) is 6.42 Å². The second-order valence-corrected chi connectivity index (χ2v) is 8.65. The van der Waals surface area contributed by atoms with Crippen molar-refractivity contribution in [3.05, 3.63) is 82.9 Å². The Hall–Kier alpha value is -3.38. The van der Waals surface area contributed by atoms with Crippen molar-refractivity contribution in [1.82, 2.24) is 9.55 Å². The van der Waals surface area contributed by atoms with Crippen LogP contribution in [0.2, 0.25) is 0 Å². The summed E-state index contributed by atoms with van der Waals surface area (Å²) in [5, 5.41) is 13.2. The standard InChI is InChI=1S/C26H24FN3O2/c1-15-28-23-9-5-17(27)11-25(23)30(15)24-4-2-3-20-21(24)8-10-22(20)29-18-6-7-19-16(13-31)14-32-26(19)12-18/h2-7,9,11-12,16,22,29,31H,8,10,13-14H2,1H3/t16-,22?/m1/s1. The van der Waals surface area contributed by atoms with Crippen LogP contribution in [0.3, 0.4) is 0 Å². The number of benzene rings is 3. The highest BCUT2D eigenvalue weighted by Crippen LogP contribution is 2.40. The van der Waals surface area contributed by atoms with Gasteiger partial charge in [0.2, 0.25) is 0 Å². The Balaban J connectivity index is 1.35. The summed E-state index contributed by atoms with van der Waals surface area (Å²) < 4.78 is 21.8. The summed E-state index contributed by atoms with van der Waals surface area (Å²) in [5.74, 6) is 1.51. The molecule has 5 nitrogen and oxygen atoms in total. The molecule has 2 aliphatic rings. The molecule has 0 saturated heterocycles. The average molecular weight is 429 g/mol. The Bertz CT molecular complexity index is 1350. The second-order valence-electron chi connectivity index (χ2n) is 8.65. The van der Waals surface area contributed by atoms with Gasteiger partial charge in [0.1, 0.15) is 17.4 Å². The SMILES string of the molecule is Cc1nc2ccc(F)cc2n1-c1cccc2c1CCC2Nc1ccc2c(c1)OC[C@H]2CO. The van der Waals surface area contributed by atoms with Crippen molar-refractivity contribution in [2.24, 2.45) is 0 Å². The van der Waals surface area contributed by atoms with Crippen molar-refractivity contribution in [1.29, 1.82) is 0 Å². The van der Waals surface area contributed by atoms with Crippen LogP contribution in [0.1, 0.15) is 40.9 Å². The number of aliphatic hydroxyl groups excluding tert-OH is 1. The van der Waals surface area contributed by atoms with E-state index < -0.39 is 0 Å². The smallest absolute Gasteiger partial charge is 0.125 e. The monoisotopic (exact) mass is 429 g/mol. The van der Waals surface area contributed by atoms with Crippen LogP contribution in [0.4, 0.5) is 10.1 Å². The van der Waals surface area contributed by atoms with E-state index in [-0.39, 0.29) is 24.4 Å². The molecule has 3 aromatic carbocycles. The number of aryl methyl sites for hydroxylation is 1. The van der Waals surface area contributed by atoms with E-state index >= 15 is 0 Å². The molecule has 32 heavy (non-hydrogen) atoms. The van der Waals surface area contributed by atoms with Crippen molar-refractivity contribution >= 4 is 16.7 Å². The van der Waals surface area contributed by atoms with Gasteiger partial charge in [0, 0.05) is 29.3 Å². The predicted molar refractivity (Wildman–Crippen MR) is 122 cm³/mol.